The summed E-state index contributed by atoms with van der Waals surface area (Å²) < 4.78 is 0. The lowest BCUT2D eigenvalue weighted by molar-refractivity contribution is 0.563. The Hall–Kier alpha value is -1.33. The number of aromatic nitrogens is 3. The molecule has 16 heavy (non-hydrogen) atoms. The van der Waals surface area contributed by atoms with Crippen LogP contribution in [0.4, 0.5) is 0 Å². The maximum Gasteiger partial charge on any atom is 0.115 e. The predicted octanol–water partition coefficient (Wildman–Crippen LogP) is 2.09. The molecule has 84 valence electrons. The van der Waals surface area contributed by atoms with Crippen LogP contribution in [-0.4, -0.2) is 15.0 Å². The SMILES string of the molecule is Cc1csc(C(C)NCc2ccncn2)n1. The number of nitrogens with zero attached hydrogens (tertiary/aromatic N) is 3. The maximum absolute atomic E-state index is 4.45. The molecule has 2 aromatic rings. The van der Waals surface area contributed by atoms with E-state index in [1.807, 2.05) is 13.0 Å². The quantitative estimate of drug-likeness (QED) is 0.880. The lowest BCUT2D eigenvalue weighted by atomic mass is 10.3. The van der Waals surface area contributed by atoms with Crippen LogP contribution >= 0.6 is 11.3 Å². The minimum atomic E-state index is 0.258. The Morgan fingerprint density at radius 3 is 3.00 bits per heavy atom. The van der Waals surface area contributed by atoms with Gasteiger partial charge in [-0.05, 0) is 19.9 Å². The van der Waals surface area contributed by atoms with Gasteiger partial charge in [0.25, 0.3) is 0 Å². The summed E-state index contributed by atoms with van der Waals surface area (Å²) in [5, 5.41) is 6.57. The van der Waals surface area contributed by atoms with Gasteiger partial charge in [0, 0.05) is 23.8 Å². The van der Waals surface area contributed by atoms with Crippen LogP contribution in [0.15, 0.2) is 24.0 Å². The molecular formula is C11H14N4S. The molecule has 1 N–H and O–H groups in total. The van der Waals surface area contributed by atoms with E-state index < -0.39 is 0 Å². The normalized spacial score (nSPS) is 12.6. The van der Waals surface area contributed by atoms with Gasteiger partial charge in [0.1, 0.15) is 11.3 Å². The van der Waals surface area contributed by atoms with E-state index in [0.29, 0.717) is 0 Å². The Kier molecular flexibility index (Phi) is 3.58. The molecule has 0 amide bonds. The molecule has 0 aliphatic rings. The molecule has 0 saturated heterocycles. The Morgan fingerprint density at radius 2 is 2.38 bits per heavy atom. The second-order valence-electron chi connectivity index (χ2n) is 3.63. The third-order valence-electron chi connectivity index (χ3n) is 2.24. The van der Waals surface area contributed by atoms with Crippen molar-refractivity contribution in [3.05, 3.63) is 40.4 Å². The number of aryl methyl sites for hydroxylation is 1. The van der Waals surface area contributed by atoms with Crippen molar-refractivity contribution in [2.24, 2.45) is 0 Å². The zero-order chi connectivity index (χ0) is 11.4. The molecule has 4 nitrogen and oxygen atoms in total. The highest BCUT2D eigenvalue weighted by Crippen LogP contribution is 2.17. The zero-order valence-electron chi connectivity index (χ0n) is 9.34. The summed E-state index contributed by atoms with van der Waals surface area (Å²) in [6.45, 7) is 4.86. The summed E-state index contributed by atoms with van der Waals surface area (Å²) in [4.78, 5) is 12.5. The maximum atomic E-state index is 4.45. The van der Waals surface area contributed by atoms with Gasteiger partial charge in [-0.15, -0.1) is 11.3 Å². The van der Waals surface area contributed by atoms with Crippen molar-refractivity contribution in [2.75, 3.05) is 0 Å². The van der Waals surface area contributed by atoms with Gasteiger partial charge in [0.15, 0.2) is 0 Å². The first-order chi connectivity index (χ1) is 7.75. The van der Waals surface area contributed by atoms with Gasteiger partial charge in [-0.3, -0.25) is 0 Å². The molecule has 0 aromatic carbocycles. The highest BCUT2D eigenvalue weighted by molar-refractivity contribution is 7.09. The largest absolute Gasteiger partial charge is 0.302 e. The summed E-state index contributed by atoms with van der Waals surface area (Å²) >= 11 is 1.69. The third-order valence-corrected chi connectivity index (χ3v) is 3.39. The van der Waals surface area contributed by atoms with Gasteiger partial charge in [-0.2, -0.15) is 0 Å². The van der Waals surface area contributed by atoms with E-state index in [1.54, 1.807) is 23.9 Å². The average molecular weight is 234 g/mol. The molecule has 0 aliphatic carbocycles. The smallest absolute Gasteiger partial charge is 0.115 e. The van der Waals surface area contributed by atoms with Gasteiger partial charge in [-0.1, -0.05) is 0 Å². The van der Waals surface area contributed by atoms with Gasteiger partial charge in [0.05, 0.1) is 11.7 Å². The number of hydrogen-bond donors (Lipinski definition) is 1. The fraction of sp³-hybridized carbons (Fsp3) is 0.364. The van der Waals surface area contributed by atoms with Gasteiger partial charge < -0.3 is 5.32 Å². The monoisotopic (exact) mass is 234 g/mol. The molecule has 2 rings (SSSR count). The molecule has 0 bridgehead atoms. The van der Waals surface area contributed by atoms with Crippen molar-refractivity contribution < 1.29 is 0 Å². The highest BCUT2D eigenvalue weighted by atomic mass is 32.1. The van der Waals surface area contributed by atoms with E-state index >= 15 is 0 Å². The first kappa shape index (κ1) is 11.2. The summed E-state index contributed by atoms with van der Waals surface area (Å²) in [5.41, 5.74) is 2.07. The summed E-state index contributed by atoms with van der Waals surface area (Å²) in [6.07, 6.45) is 3.32. The molecule has 2 aromatic heterocycles. The number of hydrogen-bond acceptors (Lipinski definition) is 5. The van der Waals surface area contributed by atoms with Crippen LogP contribution in [0.2, 0.25) is 0 Å². The molecule has 0 spiro atoms. The second kappa shape index (κ2) is 5.14. The number of nitrogens with one attached hydrogen (secondary N) is 1. The molecule has 1 unspecified atom stereocenters. The van der Waals surface area contributed by atoms with Crippen LogP contribution in [-0.2, 0) is 6.54 Å². The first-order valence-electron chi connectivity index (χ1n) is 5.16. The van der Waals surface area contributed by atoms with E-state index in [0.717, 1.165) is 22.9 Å². The van der Waals surface area contributed by atoms with Crippen LogP contribution in [0.5, 0.6) is 0 Å². The predicted molar refractivity (Wildman–Crippen MR) is 64.1 cm³/mol. The average Bonchev–Trinajstić information content (AvgIpc) is 2.74. The summed E-state index contributed by atoms with van der Waals surface area (Å²) in [7, 11) is 0. The van der Waals surface area contributed by atoms with Crippen LogP contribution < -0.4 is 5.32 Å². The van der Waals surface area contributed by atoms with Crippen molar-refractivity contribution in [1.29, 1.82) is 0 Å². The standard InChI is InChI=1S/C11H14N4S/c1-8-6-16-11(15-8)9(2)13-5-10-3-4-12-7-14-10/h3-4,6-7,9,13H,5H2,1-2H3. The minimum Gasteiger partial charge on any atom is -0.302 e. The highest BCUT2D eigenvalue weighted by Gasteiger charge is 2.08. The lowest BCUT2D eigenvalue weighted by Gasteiger charge is -2.10. The van der Waals surface area contributed by atoms with E-state index in [2.05, 4.69) is 32.6 Å². The van der Waals surface area contributed by atoms with E-state index in [4.69, 9.17) is 0 Å². The minimum absolute atomic E-state index is 0.258. The Labute approximate surface area is 98.8 Å². The fourth-order valence-electron chi connectivity index (χ4n) is 1.34. The van der Waals surface area contributed by atoms with E-state index in [1.165, 1.54) is 0 Å². The molecule has 0 aliphatic heterocycles. The van der Waals surface area contributed by atoms with Gasteiger partial charge in [-0.25, -0.2) is 15.0 Å². The molecule has 0 radical (unpaired) electrons. The van der Waals surface area contributed by atoms with Crippen molar-refractivity contribution in [3.63, 3.8) is 0 Å². The molecule has 0 fully saturated rings. The number of thiazole rings is 1. The zero-order valence-corrected chi connectivity index (χ0v) is 10.2. The van der Waals surface area contributed by atoms with Crippen LogP contribution in [0, 0.1) is 6.92 Å². The Morgan fingerprint density at radius 1 is 1.50 bits per heavy atom. The van der Waals surface area contributed by atoms with Crippen molar-refractivity contribution in [3.8, 4) is 0 Å². The fourth-order valence-corrected chi connectivity index (χ4v) is 2.17. The van der Waals surface area contributed by atoms with Crippen molar-refractivity contribution in [2.45, 2.75) is 26.4 Å². The molecule has 1 atom stereocenters. The van der Waals surface area contributed by atoms with Crippen LogP contribution in [0.25, 0.3) is 0 Å². The van der Waals surface area contributed by atoms with E-state index in [9.17, 15) is 0 Å². The molecule has 5 heteroatoms. The third kappa shape index (κ3) is 2.84. The van der Waals surface area contributed by atoms with Crippen molar-refractivity contribution >= 4 is 11.3 Å². The topological polar surface area (TPSA) is 50.7 Å². The van der Waals surface area contributed by atoms with Crippen LogP contribution in [0.1, 0.15) is 29.4 Å². The molecule has 2 heterocycles. The lowest BCUT2D eigenvalue weighted by Crippen LogP contribution is -2.18. The first-order valence-corrected chi connectivity index (χ1v) is 6.04. The van der Waals surface area contributed by atoms with Crippen LogP contribution in [0.3, 0.4) is 0 Å². The summed E-state index contributed by atoms with van der Waals surface area (Å²) in [6, 6.07) is 2.17. The molecule has 0 saturated carbocycles. The summed E-state index contributed by atoms with van der Waals surface area (Å²) in [5.74, 6) is 0. The van der Waals surface area contributed by atoms with Gasteiger partial charge >= 0.3 is 0 Å². The molecular weight excluding hydrogens is 220 g/mol. The van der Waals surface area contributed by atoms with E-state index in [-0.39, 0.29) is 6.04 Å². The van der Waals surface area contributed by atoms with Gasteiger partial charge in [0.2, 0.25) is 0 Å². The number of rotatable bonds is 4. The Balaban J connectivity index is 1.91. The van der Waals surface area contributed by atoms with Crippen molar-refractivity contribution in [1.82, 2.24) is 20.3 Å². The second-order valence-corrected chi connectivity index (χ2v) is 4.52. The Bertz CT molecular complexity index is 440.